The minimum absolute atomic E-state index is 0.00847. The number of halogens is 3. The van der Waals surface area contributed by atoms with Crippen molar-refractivity contribution >= 4 is 46.4 Å². The molecule has 0 atom stereocenters. The summed E-state index contributed by atoms with van der Waals surface area (Å²) in [5, 5.41) is 10.7. The Kier molecular flexibility index (Phi) is 9.57. The van der Waals surface area contributed by atoms with Crippen LogP contribution in [0.1, 0.15) is 48.0 Å². The van der Waals surface area contributed by atoms with Gasteiger partial charge in [-0.3, -0.25) is 14.9 Å². The number of benzene rings is 2. The average molecular weight is 608 g/mol. The van der Waals surface area contributed by atoms with E-state index in [1.165, 1.54) is 26.4 Å². The van der Waals surface area contributed by atoms with Gasteiger partial charge in [-0.2, -0.15) is 13.2 Å². The van der Waals surface area contributed by atoms with E-state index in [0.29, 0.717) is 55.1 Å². The molecule has 10 nitrogen and oxygen atoms in total. The van der Waals surface area contributed by atoms with Crippen LogP contribution in [0.5, 0.6) is 11.5 Å². The highest BCUT2D eigenvalue weighted by Crippen LogP contribution is 2.35. The molecule has 2 aliphatic rings. The molecule has 0 unspecified atom stereocenters. The first kappa shape index (κ1) is 31.0. The van der Waals surface area contributed by atoms with Crippen molar-refractivity contribution in [3.63, 3.8) is 0 Å². The third kappa shape index (κ3) is 7.29. The molecule has 2 fully saturated rings. The fraction of sp³-hybridized carbons (Fsp3) is 0.429. The summed E-state index contributed by atoms with van der Waals surface area (Å²) >= 11 is 5.30. The molecular formula is C28H32F3N5O5S. The summed E-state index contributed by atoms with van der Waals surface area (Å²) in [7, 11) is 2.87. The number of likely N-dealkylation sites (tertiary alicyclic amines) is 1. The molecule has 4 N–H and O–H groups in total. The van der Waals surface area contributed by atoms with Gasteiger partial charge in [-0.05, 0) is 68.7 Å². The first-order valence-corrected chi connectivity index (χ1v) is 13.8. The van der Waals surface area contributed by atoms with Gasteiger partial charge in [0.2, 0.25) is 0 Å². The third-order valence-electron chi connectivity index (χ3n) is 7.37. The summed E-state index contributed by atoms with van der Waals surface area (Å²) in [5.41, 5.74) is -0.831. The van der Waals surface area contributed by atoms with E-state index in [4.69, 9.17) is 21.7 Å². The van der Waals surface area contributed by atoms with Gasteiger partial charge in [0.25, 0.3) is 5.91 Å². The van der Waals surface area contributed by atoms with Crippen molar-refractivity contribution in [3.8, 4) is 11.5 Å². The molecule has 0 aromatic heterocycles. The van der Waals surface area contributed by atoms with E-state index in [1.807, 2.05) is 0 Å². The number of amides is 3. The van der Waals surface area contributed by atoms with Crippen LogP contribution in [0.15, 0.2) is 36.4 Å². The Labute approximate surface area is 246 Å². The predicted molar refractivity (Wildman–Crippen MR) is 154 cm³/mol. The molecule has 1 spiro atoms. The lowest BCUT2D eigenvalue weighted by atomic mass is 9.87. The zero-order chi connectivity index (χ0) is 30.5. The zero-order valence-corrected chi connectivity index (χ0v) is 24.0. The van der Waals surface area contributed by atoms with Gasteiger partial charge in [0, 0.05) is 31.3 Å². The number of carbonyl (C=O) groups is 3. The van der Waals surface area contributed by atoms with Gasteiger partial charge in [0.15, 0.2) is 10.9 Å². The minimum Gasteiger partial charge on any atom is -0.496 e. The zero-order valence-electron chi connectivity index (χ0n) is 23.2. The van der Waals surface area contributed by atoms with Crippen LogP contribution in [0.25, 0.3) is 0 Å². The van der Waals surface area contributed by atoms with Crippen LogP contribution in [0.4, 0.5) is 29.3 Å². The quantitative estimate of drug-likeness (QED) is 0.133. The second-order valence-electron chi connectivity index (χ2n) is 10.1. The van der Waals surface area contributed by atoms with Crippen molar-refractivity contribution in [1.82, 2.24) is 15.5 Å². The largest absolute Gasteiger partial charge is 0.496 e. The van der Waals surface area contributed by atoms with E-state index in [1.54, 1.807) is 12.1 Å². The van der Waals surface area contributed by atoms with Crippen molar-refractivity contribution in [2.45, 2.75) is 43.8 Å². The fourth-order valence-corrected chi connectivity index (χ4v) is 5.29. The Morgan fingerprint density at radius 2 is 1.76 bits per heavy atom. The molecule has 0 saturated carbocycles. The number of nitrogens with one attached hydrogen (secondary N) is 4. The number of alkyl halides is 3. The lowest BCUT2D eigenvalue weighted by Crippen LogP contribution is -2.54. The molecule has 2 aromatic carbocycles. The third-order valence-corrected chi connectivity index (χ3v) is 7.57. The first-order chi connectivity index (χ1) is 19.9. The van der Waals surface area contributed by atoms with Crippen LogP contribution < -0.4 is 30.7 Å². The standard InChI is InChI=1S/C28H32F3N5O5S/c1-40-22-16-23(41-2)20(33-26(42)32-18-7-5-6-17(14-18)28(29,30)31)15-19(22)21(37)8-3-4-11-36-12-9-27(10-13-36)24(38)34-25(39)35-27/h5-7,14-16H,3-4,8-13H2,1-2H3,(H2,32,33,42)(H2,34,35,38,39). The molecule has 0 radical (unpaired) electrons. The number of ether oxygens (including phenoxy) is 2. The Balaban J connectivity index is 1.33. The summed E-state index contributed by atoms with van der Waals surface area (Å²) in [6.45, 7) is 2.08. The number of ketones is 1. The molecule has 2 saturated heterocycles. The van der Waals surface area contributed by atoms with Gasteiger partial charge in [0.1, 0.15) is 17.0 Å². The van der Waals surface area contributed by atoms with Crippen molar-refractivity contribution in [2.24, 2.45) is 0 Å². The fourth-order valence-electron chi connectivity index (χ4n) is 5.07. The normalized spacial score (nSPS) is 16.5. The van der Waals surface area contributed by atoms with Gasteiger partial charge in [-0.15, -0.1) is 0 Å². The molecular weight excluding hydrogens is 575 g/mol. The number of anilines is 2. The second-order valence-corrected chi connectivity index (χ2v) is 10.5. The van der Waals surface area contributed by atoms with Crippen LogP contribution in [-0.2, 0) is 11.0 Å². The van der Waals surface area contributed by atoms with Gasteiger partial charge in [0.05, 0.1) is 31.0 Å². The molecule has 4 rings (SSSR count). The Hall–Kier alpha value is -3.91. The Bertz CT molecular complexity index is 1360. The van der Waals surface area contributed by atoms with E-state index in [-0.39, 0.29) is 28.9 Å². The summed E-state index contributed by atoms with van der Waals surface area (Å²) in [4.78, 5) is 39.0. The molecule has 14 heteroatoms. The van der Waals surface area contributed by atoms with Crippen molar-refractivity contribution in [2.75, 3.05) is 44.5 Å². The number of Topliss-reactive ketones (excluding diaryl/α,β-unsaturated/α-hetero) is 1. The maximum absolute atomic E-state index is 13.2. The molecule has 2 aliphatic heterocycles. The summed E-state index contributed by atoms with van der Waals surface area (Å²) < 4.78 is 50.0. The van der Waals surface area contributed by atoms with Crippen LogP contribution in [-0.4, -0.2) is 67.1 Å². The summed E-state index contributed by atoms with van der Waals surface area (Å²) in [6.07, 6.45) is -1.80. The lowest BCUT2D eigenvalue weighted by Gasteiger charge is -2.36. The molecule has 226 valence electrons. The van der Waals surface area contributed by atoms with Gasteiger partial charge >= 0.3 is 12.2 Å². The maximum atomic E-state index is 13.2. The maximum Gasteiger partial charge on any atom is 0.416 e. The topological polar surface area (TPSA) is 121 Å². The van der Waals surface area contributed by atoms with E-state index >= 15 is 0 Å². The summed E-state index contributed by atoms with van der Waals surface area (Å²) in [5.74, 6) is 0.216. The lowest BCUT2D eigenvalue weighted by molar-refractivity contribution is -0.137. The number of urea groups is 1. The Morgan fingerprint density at radius 1 is 1.05 bits per heavy atom. The minimum atomic E-state index is -4.50. The van der Waals surface area contributed by atoms with E-state index < -0.39 is 23.3 Å². The number of nitrogens with zero attached hydrogens (tertiary/aromatic N) is 1. The average Bonchev–Trinajstić information content (AvgIpc) is 3.22. The smallest absolute Gasteiger partial charge is 0.416 e. The number of hydrogen-bond donors (Lipinski definition) is 4. The number of rotatable bonds is 10. The predicted octanol–water partition coefficient (Wildman–Crippen LogP) is 4.56. The first-order valence-electron chi connectivity index (χ1n) is 13.3. The van der Waals surface area contributed by atoms with Crippen LogP contribution in [0.2, 0.25) is 0 Å². The van der Waals surface area contributed by atoms with Gasteiger partial charge < -0.3 is 30.3 Å². The van der Waals surface area contributed by atoms with Crippen molar-refractivity contribution < 1.29 is 37.0 Å². The van der Waals surface area contributed by atoms with Crippen molar-refractivity contribution in [3.05, 3.63) is 47.5 Å². The van der Waals surface area contributed by atoms with Gasteiger partial charge in [-0.25, -0.2) is 4.79 Å². The molecule has 3 amide bonds. The molecule has 0 aliphatic carbocycles. The second kappa shape index (κ2) is 12.9. The van der Waals surface area contributed by atoms with E-state index in [2.05, 4.69) is 26.2 Å². The highest BCUT2D eigenvalue weighted by molar-refractivity contribution is 7.80. The highest BCUT2D eigenvalue weighted by atomic mass is 32.1. The number of unbranched alkanes of at least 4 members (excludes halogenated alkanes) is 1. The number of piperidine rings is 1. The van der Waals surface area contributed by atoms with Crippen LogP contribution >= 0.6 is 12.2 Å². The number of thiocarbonyl (C=S) groups is 1. The molecule has 2 aromatic rings. The number of methoxy groups -OCH3 is 2. The SMILES string of the molecule is COc1cc(OC)c(C(=O)CCCCN2CCC3(CC2)NC(=O)NC3=O)cc1NC(=S)Nc1cccc(C(F)(F)F)c1. The number of hydrogen-bond acceptors (Lipinski definition) is 7. The molecule has 42 heavy (non-hydrogen) atoms. The van der Waals surface area contributed by atoms with E-state index in [0.717, 1.165) is 25.1 Å². The monoisotopic (exact) mass is 607 g/mol. The molecule has 2 heterocycles. The van der Waals surface area contributed by atoms with Crippen LogP contribution in [0.3, 0.4) is 0 Å². The van der Waals surface area contributed by atoms with Crippen molar-refractivity contribution in [1.29, 1.82) is 0 Å². The van der Waals surface area contributed by atoms with E-state index in [9.17, 15) is 27.6 Å². The van der Waals surface area contributed by atoms with Crippen LogP contribution in [0, 0.1) is 0 Å². The molecule has 0 bridgehead atoms. The number of imide groups is 1. The highest BCUT2D eigenvalue weighted by Gasteiger charge is 2.47. The van der Waals surface area contributed by atoms with Gasteiger partial charge in [-0.1, -0.05) is 6.07 Å². The summed E-state index contributed by atoms with van der Waals surface area (Å²) in [6, 6.07) is 7.27. The Morgan fingerprint density at radius 3 is 2.38 bits per heavy atom. The number of carbonyl (C=O) groups excluding carboxylic acids is 3.